The number of ketones is 1. The van der Waals surface area contributed by atoms with Crippen LogP contribution in [0.25, 0.3) is 0 Å². The number of Topliss-reactive ketones (excluding diaryl/α,β-unsaturated/α-hetero) is 1. The number of unbranched alkanes of at least 4 members (excludes halogenated alkanes) is 2. The Morgan fingerprint density at radius 1 is 1.09 bits per heavy atom. The van der Waals surface area contributed by atoms with E-state index in [1.165, 1.54) is 27.6 Å². The number of ether oxygens (including phenoxy) is 1. The van der Waals surface area contributed by atoms with Crippen LogP contribution in [0, 0.1) is 20.8 Å². The van der Waals surface area contributed by atoms with E-state index >= 15 is 0 Å². The van der Waals surface area contributed by atoms with Crippen LogP contribution in [-0.2, 0) is 4.79 Å². The molecule has 0 spiro atoms. The number of carbonyl (C=O) groups is 2. The molecule has 178 valence electrons. The molecule has 3 aromatic rings. The first-order chi connectivity index (χ1) is 16.3. The lowest BCUT2D eigenvalue weighted by atomic mass is 9.95. The molecule has 3 heterocycles. The van der Waals surface area contributed by atoms with Gasteiger partial charge < -0.3 is 9.84 Å². The van der Waals surface area contributed by atoms with Crippen molar-refractivity contribution in [2.75, 3.05) is 11.5 Å². The Morgan fingerprint density at radius 3 is 2.41 bits per heavy atom. The van der Waals surface area contributed by atoms with Gasteiger partial charge in [0.1, 0.15) is 10.8 Å². The first kappa shape index (κ1) is 24.0. The maximum atomic E-state index is 13.6. The third-order valence-electron chi connectivity index (χ3n) is 5.50. The zero-order valence-corrected chi connectivity index (χ0v) is 21.1. The molecule has 1 unspecified atom stereocenters. The third kappa shape index (κ3) is 4.60. The Morgan fingerprint density at radius 2 is 1.82 bits per heavy atom. The standard InChI is InChI=1S/C24H26N4O4S2/c1-5-6-7-12-32-17-10-8-16(9-11-17)19-18(20(29)22-13(2)25-14(3)33-22)21(30)23(31)28(19)24-27-26-15(4)34-24/h8-11,19,30H,5-7,12H2,1-4H3. The number of rotatable bonds is 9. The molecule has 0 saturated heterocycles. The van der Waals surface area contributed by atoms with Crippen LogP contribution in [-0.4, -0.2) is 38.6 Å². The second-order valence-electron chi connectivity index (χ2n) is 8.04. The molecular formula is C24H26N4O4S2. The number of thiazole rings is 1. The molecule has 34 heavy (non-hydrogen) atoms. The Balaban J connectivity index is 1.73. The largest absolute Gasteiger partial charge is 0.503 e. The highest BCUT2D eigenvalue weighted by molar-refractivity contribution is 7.15. The Hall–Kier alpha value is -3.11. The average molecular weight is 499 g/mol. The summed E-state index contributed by atoms with van der Waals surface area (Å²) in [6.07, 6.45) is 3.19. The lowest BCUT2D eigenvalue weighted by molar-refractivity contribution is -0.117. The van der Waals surface area contributed by atoms with Crippen molar-refractivity contribution in [3.63, 3.8) is 0 Å². The molecule has 1 aliphatic rings. The van der Waals surface area contributed by atoms with Crippen LogP contribution in [0.2, 0.25) is 0 Å². The summed E-state index contributed by atoms with van der Waals surface area (Å²) >= 11 is 2.47. The molecule has 2 aromatic heterocycles. The van der Waals surface area contributed by atoms with Crippen molar-refractivity contribution in [3.05, 3.63) is 61.7 Å². The summed E-state index contributed by atoms with van der Waals surface area (Å²) in [5.41, 5.74) is 1.25. The van der Waals surface area contributed by atoms with Crippen molar-refractivity contribution in [3.8, 4) is 5.75 Å². The van der Waals surface area contributed by atoms with Crippen molar-refractivity contribution in [1.29, 1.82) is 0 Å². The first-order valence-corrected chi connectivity index (χ1v) is 12.7. The van der Waals surface area contributed by atoms with Gasteiger partial charge in [-0.05, 0) is 44.9 Å². The van der Waals surface area contributed by atoms with Crippen LogP contribution >= 0.6 is 22.7 Å². The smallest absolute Gasteiger partial charge is 0.296 e. The fourth-order valence-electron chi connectivity index (χ4n) is 3.89. The van der Waals surface area contributed by atoms with Gasteiger partial charge in [-0.25, -0.2) is 4.98 Å². The van der Waals surface area contributed by atoms with E-state index in [0.717, 1.165) is 24.3 Å². The van der Waals surface area contributed by atoms with E-state index in [0.29, 0.717) is 38.6 Å². The van der Waals surface area contributed by atoms with Crippen LogP contribution in [0.4, 0.5) is 5.13 Å². The molecule has 1 aromatic carbocycles. The van der Waals surface area contributed by atoms with E-state index in [1.54, 1.807) is 13.8 Å². The van der Waals surface area contributed by atoms with E-state index in [9.17, 15) is 14.7 Å². The Bertz CT molecular complexity index is 1250. The highest BCUT2D eigenvalue weighted by atomic mass is 32.1. The summed E-state index contributed by atoms with van der Waals surface area (Å²) < 4.78 is 5.81. The predicted octanol–water partition coefficient (Wildman–Crippen LogP) is 5.27. The van der Waals surface area contributed by atoms with Gasteiger partial charge in [0.05, 0.1) is 33.8 Å². The van der Waals surface area contributed by atoms with Crippen molar-refractivity contribution < 1.29 is 19.4 Å². The maximum Gasteiger partial charge on any atom is 0.296 e. The molecule has 0 saturated carbocycles. The number of aryl methyl sites for hydroxylation is 3. The van der Waals surface area contributed by atoms with E-state index in [1.807, 2.05) is 31.2 Å². The van der Waals surface area contributed by atoms with E-state index in [4.69, 9.17) is 4.74 Å². The molecule has 0 fully saturated rings. The van der Waals surface area contributed by atoms with Crippen LogP contribution in [0.1, 0.15) is 63.2 Å². The molecule has 10 heteroatoms. The van der Waals surface area contributed by atoms with Crippen LogP contribution < -0.4 is 9.64 Å². The summed E-state index contributed by atoms with van der Waals surface area (Å²) in [6, 6.07) is 6.40. The third-order valence-corrected chi connectivity index (χ3v) is 7.41. The number of aromatic nitrogens is 3. The van der Waals surface area contributed by atoms with Crippen molar-refractivity contribution in [2.24, 2.45) is 0 Å². The summed E-state index contributed by atoms with van der Waals surface area (Å²) in [4.78, 5) is 32.8. The average Bonchev–Trinajstić information content (AvgIpc) is 3.47. The topological polar surface area (TPSA) is 106 Å². The number of hydrogen-bond donors (Lipinski definition) is 1. The molecule has 1 amide bonds. The van der Waals surface area contributed by atoms with Gasteiger partial charge in [0.25, 0.3) is 5.91 Å². The van der Waals surface area contributed by atoms with Gasteiger partial charge in [0, 0.05) is 0 Å². The number of benzene rings is 1. The van der Waals surface area contributed by atoms with Crippen LogP contribution in [0.15, 0.2) is 35.6 Å². The van der Waals surface area contributed by atoms with Crippen molar-refractivity contribution in [1.82, 2.24) is 15.2 Å². The molecule has 8 nitrogen and oxygen atoms in total. The monoisotopic (exact) mass is 498 g/mol. The minimum absolute atomic E-state index is 0.0150. The molecule has 1 aliphatic heterocycles. The van der Waals surface area contributed by atoms with Crippen molar-refractivity contribution in [2.45, 2.75) is 53.0 Å². The van der Waals surface area contributed by atoms with Gasteiger partial charge in [-0.1, -0.05) is 43.2 Å². The van der Waals surface area contributed by atoms with Gasteiger partial charge in [-0.15, -0.1) is 21.5 Å². The maximum absolute atomic E-state index is 13.6. The van der Waals surface area contributed by atoms with Crippen LogP contribution in [0.5, 0.6) is 5.75 Å². The lowest BCUT2D eigenvalue weighted by Gasteiger charge is -2.24. The quantitative estimate of drug-likeness (QED) is 0.316. The number of amides is 1. The molecular weight excluding hydrogens is 472 g/mol. The Kier molecular flexibility index (Phi) is 7.08. The van der Waals surface area contributed by atoms with Gasteiger partial charge in [-0.3, -0.25) is 14.5 Å². The summed E-state index contributed by atoms with van der Waals surface area (Å²) in [5.74, 6) is -0.962. The van der Waals surface area contributed by atoms with Crippen molar-refractivity contribution >= 4 is 39.5 Å². The highest BCUT2D eigenvalue weighted by Crippen LogP contribution is 2.43. The summed E-state index contributed by atoms with van der Waals surface area (Å²) in [5, 5.41) is 20.7. The Labute approximate surface area is 205 Å². The minimum atomic E-state index is -0.844. The number of anilines is 1. The summed E-state index contributed by atoms with van der Waals surface area (Å²) in [6.45, 7) is 8.11. The fraction of sp³-hybridized carbons (Fsp3) is 0.375. The second kappa shape index (κ2) is 10.0. The molecule has 0 bridgehead atoms. The molecule has 0 aliphatic carbocycles. The van der Waals surface area contributed by atoms with E-state index in [-0.39, 0.29) is 5.57 Å². The zero-order chi connectivity index (χ0) is 24.4. The number of nitrogens with zero attached hydrogens (tertiary/aromatic N) is 4. The number of carbonyl (C=O) groups excluding carboxylic acids is 2. The second-order valence-corrected chi connectivity index (χ2v) is 10.4. The molecule has 0 radical (unpaired) electrons. The van der Waals surface area contributed by atoms with E-state index in [2.05, 4.69) is 22.1 Å². The molecule has 1 N–H and O–H groups in total. The van der Waals surface area contributed by atoms with E-state index < -0.39 is 23.5 Å². The van der Waals surface area contributed by atoms with Gasteiger partial charge in [0.2, 0.25) is 10.9 Å². The van der Waals surface area contributed by atoms with Gasteiger partial charge in [-0.2, -0.15) is 0 Å². The first-order valence-electron chi connectivity index (χ1n) is 11.1. The highest BCUT2D eigenvalue weighted by Gasteiger charge is 2.46. The SMILES string of the molecule is CCCCCOc1ccc(C2C(C(=O)c3sc(C)nc3C)=C(O)C(=O)N2c2nnc(C)s2)cc1. The molecule has 4 rings (SSSR count). The lowest BCUT2D eigenvalue weighted by Crippen LogP contribution is -2.31. The fourth-order valence-corrected chi connectivity index (χ4v) is 5.47. The number of aliphatic hydroxyl groups excluding tert-OH is 1. The normalized spacial score (nSPS) is 15.9. The number of aliphatic hydroxyl groups is 1. The number of hydrogen-bond acceptors (Lipinski definition) is 9. The zero-order valence-electron chi connectivity index (χ0n) is 19.5. The predicted molar refractivity (Wildman–Crippen MR) is 132 cm³/mol. The minimum Gasteiger partial charge on any atom is -0.503 e. The van der Waals surface area contributed by atoms with Gasteiger partial charge >= 0.3 is 0 Å². The summed E-state index contributed by atoms with van der Waals surface area (Å²) in [7, 11) is 0. The van der Waals surface area contributed by atoms with Gasteiger partial charge in [0.15, 0.2) is 5.76 Å². The molecule has 1 atom stereocenters. The van der Waals surface area contributed by atoms with Crippen LogP contribution in [0.3, 0.4) is 0 Å².